The van der Waals surface area contributed by atoms with E-state index >= 15 is 0 Å². The van der Waals surface area contributed by atoms with Crippen LogP contribution in [-0.2, 0) is 18.4 Å². The maximum Gasteiger partial charge on any atom is 0.295 e. The second-order valence-electron chi connectivity index (χ2n) is 6.84. The zero-order valence-electron chi connectivity index (χ0n) is 17.5. The van der Waals surface area contributed by atoms with Crippen LogP contribution in [0.2, 0.25) is 0 Å². The molecule has 2 aromatic heterocycles. The molecule has 164 valence electrons. The van der Waals surface area contributed by atoms with Crippen molar-refractivity contribution >= 4 is 23.4 Å². The molecule has 0 radical (unpaired) electrons. The Labute approximate surface area is 188 Å². The number of amides is 1. The maximum absolute atomic E-state index is 12.9. The average molecular weight is 452 g/mol. The number of aromatic nitrogens is 4. The molecule has 32 heavy (non-hydrogen) atoms. The molecule has 0 spiro atoms. The van der Waals surface area contributed by atoms with Gasteiger partial charge in [0.2, 0.25) is 5.91 Å². The van der Waals surface area contributed by atoms with Gasteiger partial charge in [0, 0.05) is 7.05 Å². The molecule has 9 nitrogen and oxygen atoms in total. The lowest BCUT2D eigenvalue weighted by Crippen LogP contribution is -2.23. The lowest BCUT2D eigenvalue weighted by atomic mass is 10.3. The van der Waals surface area contributed by atoms with Gasteiger partial charge in [-0.3, -0.25) is 14.3 Å². The predicted molar refractivity (Wildman–Crippen MR) is 120 cm³/mol. The fourth-order valence-corrected chi connectivity index (χ4v) is 3.61. The summed E-state index contributed by atoms with van der Waals surface area (Å²) in [6, 6.07) is 18.5. The molecule has 1 N–H and O–H groups in total. The molecule has 0 saturated carbocycles. The number of carbonyl (C=O) groups is 1. The Bertz CT molecular complexity index is 1260. The number of hydrogen-bond donors (Lipinski definition) is 1. The Morgan fingerprint density at radius 1 is 1.09 bits per heavy atom. The highest BCUT2D eigenvalue weighted by molar-refractivity contribution is 7.99. The minimum atomic E-state index is -0.346. The van der Waals surface area contributed by atoms with Crippen molar-refractivity contribution in [2.45, 2.75) is 18.8 Å². The van der Waals surface area contributed by atoms with Crippen molar-refractivity contribution in [2.75, 3.05) is 11.1 Å². The summed E-state index contributed by atoms with van der Waals surface area (Å²) in [5.74, 6) is 0.668. The second-order valence-corrected chi connectivity index (χ2v) is 7.76. The van der Waals surface area contributed by atoms with Gasteiger partial charge in [-0.1, -0.05) is 48.2 Å². The largest absolute Gasteiger partial charge is 0.484 e. The van der Waals surface area contributed by atoms with Crippen LogP contribution in [0.25, 0.3) is 5.69 Å². The first-order valence-corrected chi connectivity index (χ1v) is 10.8. The third-order valence-corrected chi connectivity index (χ3v) is 5.52. The number of para-hydroxylation sites is 2. The zero-order chi connectivity index (χ0) is 22.5. The van der Waals surface area contributed by atoms with Crippen LogP contribution in [0, 0.1) is 6.92 Å². The number of hydrogen-bond acceptors (Lipinski definition) is 7. The van der Waals surface area contributed by atoms with Crippen molar-refractivity contribution in [2.24, 2.45) is 7.05 Å². The van der Waals surface area contributed by atoms with Crippen LogP contribution in [0.4, 0.5) is 5.69 Å². The summed E-state index contributed by atoms with van der Waals surface area (Å²) in [5, 5.41) is 10.8. The standard InChI is InChI=1S/C22H21N5O4S/c1-15-20(21(29)27(26(15)2)16-9-5-3-6-10-16)23-18(28)14-32-22-25-24-19(31-22)13-30-17-11-7-4-8-12-17/h3-12H,13-14H2,1-2H3,(H,23,28). The molecule has 2 aromatic carbocycles. The van der Waals surface area contributed by atoms with E-state index < -0.39 is 0 Å². The summed E-state index contributed by atoms with van der Waals surface area (Å²) < 4.78 is 14.3. The van der Waals surface area contributed by atoms with E-state index in [0.29, 0.717) is 23.0 Å². The van der Waals surface area contributed by atoms with E-state index in [4.69, 9.17) is 9.15 Å². The summed E-state index contributed by atoms with van der Waals surface area (Å²) in [4.78, 5) is 25.3. The third kappa shape index (κ3) is 4.75. The van der Waals surface area contributed by atoms with E-state index in [9.17, 15) is 9.59 Å². The Morgan fingerprint density at radius 3 is 2.50 bits per heavy atom. The lowest BCUT2D eigenvalue weighted by Gasteiger charge is -2.07. The highest BCUT2D eigenvalue weighted by Gasteiger charge is 2.19. The topological polar surface area (TPSA) is 104 Å². The van der Waals surface area contributed by atoms with Crippen molar-refractivity contribution in [3.63, 3.8) is 0 Å². The van der Waals surface area contributed by atoms with Gasteiger partial charge in [0.25, 0.3) is 16.7 Å². The van der Waals surface area contributed by atoms with Crippen LogP contribution in [-0.4, -0.2) is 31.2 Å². The monoisotopic (exact) mass is 451 g/mol. The molecule has 10 heteroatoms. The number of anilines is 1. The first-order valence-electron chi connectivity index (χ1n) is 9.80. The minimum Gasteiger partial charge on any atom is -0.484 e. The van der Waals surface area contributed by atoms with Crippen molar-refractivity contribution in [3.05, 3.63) is 82.6 Å². The van der Waals surface area contributed by atoms with E-state index in [-0.39, 0.29) is 34.7 Å². The van der Waals surface area contributed by atoms with Gasteiger partial charge in [-0.25, -0.2) is 4.68 Å². The molecule has 0 fully saturated rings. The number of ether oxygens (including phenoxy) is 1. The quantitative estimate of drug-likeness (QED) is 0.410. The van der Waals surface area contributed by atoms with E-state index in [1.54, 1.807) is 18.7 Å². The van der Waals surface area contributed by atoms with E-state index in [1.807, 2.05) is 60.7 Å². The fraction of sp³-hybridized carbons (Fsp3) is 0.182. The first kappa shape index (κ1) is 21.4. The summed E-state index contributed by atoms with van der Waals surface area (Å²) in [7, 11) is 1.77. The van der Waals surface area contributed by atoms with Crippen LogP contribution < -0.4 is 15.6 Å². The van der Waals surface area contributed by atoms with Gasteiger partial charge < -0.3 is 14.5 Å². The Hall–Kier alpha value is -3.79. The first-order chi connectivity index (χ1) is 15.5. The molecule has 0 aliphatic carbocycles. The number of nitrogens with one attached hydrogen (secondary N) is 1. The second kappa shape index (κ2) is 9.56. The molecular weight excluding hydrogens is 430 g/mol. The van der Waals surface area contributed by atoms with Gasteiger partial charge in [0.15, 0.2) is 6.61 Å². The van der Waals surface area contributed by atoms with Crippen LogP contribution in [0.3, 0.4) is 0 Å². The van der Waals surface area contributed by atoms with E-state index in [1.165, 1.54) is 4.68 Å². The molecule has 4 rings (SSSR count). The van der Waals surface area contributed by atoms with Crippen molar-refractivity contribution in [1.82, 2.24) is 19.6 Å². The molecule has 0 aliphatic heterocycles. The summed E-state index contributed by atoms with van der Waals surface area (Å²) in [6.45, 7) is 1.91. The van der Waals surface area contributed by atoms with Gasteiger partial charge >= 0.3 is 0 Å². The number of carbonyl (C=O) groups excluding carboxylic acids is 1. The number of benzene rings is 2. The molecule has 0 atom stereocenters. The van der Waals surface area contributed by atoms with Crippen molar-refractivity contribution < 1.29 is 13.9 Å². The molecule has 4 aromatic rings. The molecule has 0 saturated heterocycles. The van der Waals surface area contributed by atoms with Gasteiger partial charge in [0.05, 0.1) is 17.1 Å². The molecule has 0 bridgehead atoms. The van der Waals surface area contributed by atoms with Crippen LogP contribution in [0.15, 0.2) is 75.1 Å². The third-order valence-electron chi connectivity index (χ3n) is 4.70. The van der Waals surface area contributed by atoms with Gasteiger partial charge in [-0.2, -0.15) is 0 Å². The minimum absolute atomic E-state index is 0.0142. The Kier molecular flexibility index (Phi) is 6.41. The summed E-state index contributed by atoms with van der Waals surface area (Å²) >= 11 is 1.09. The van der Waals surface area contributed by atoms with Crippen molar-refractivity contribution in [1.29, 1.82) is 0 Å². The average Bonchev–Trinajstić information content (AvgIpc) is 3.36. The fourth-order valence-electron chi connectivity index (χ4n) is 3.03. The van der Waals surface area contributed by atoms with Crippen molar-refractivity contribution in [3.8, 4) is 11.4 Å². The van der Waals surface area contributed by atoms with Gasteiger partial charge in [-0.05, 0) is 31.2 Å². The molecule has 0 unspecified atom stereocenters. The SMILES string of the molecule is Cc1c(NC(=O)CSc2nnc(COc3ccccc3)o2)c(=O)n(-c2ccccc2)n1C. The highest BCUT2D eigenvalue weighted by atomic mass is 32.2. The molecule has 0 aliphatic rings. The Balaban J connectivity index is 1.36. The molecule has 1 amide bonds. The highest BCUT2D eigenvalue weighted by Crippen LogP contribution is 2.19. The normalized spacial score (nSPS) is 10.8. The summed E-state index contributed by atoms with van der Waals surface area (Å²) in [6.07, 6.45) is 0. The lowest BCUT2D eigenvalue weighted by molar-refractivity contribution is -0.113. The number of nitrogens with zero attached hydrogens (tertiary/aromatic N) is 4. The van der Waals surface area contributed by atoms with Crippen LogP contribution >= 0.6 is 11.8 Å². The maximum atomic E-state index is 12.9. The zero-order valence-corrected chi connectivity index (χ0v) is 18.3. The van der Waals surface area contributed by atoms with Crippen LogP contribution in [0.5, 0.6) is 5.75 Å². The smallest absolute Gasteiger partial charge is 0.295 e. The molecule has 2 heterocycles. The number of thioether (sulfide) groups is 1. The van der Waals surface area contributed by atoms with Crippen LogP contribution in [0.1, 0.15) is 11.6 Å². The van der Waals surface area contributed by atoms with Gasteiger partial charge in [0.1, 0.15) is 11.4 Å². The van der Waals surface area contributed by atoms with E-state index in [2.05, 4.69) is 15.5 Å². The predicted octanol–water partition coefficient (Wildman–Crippen LogP) is 3.18. The summed E-state index contributed by atoms with van der Waals surface area (Å²) in [5.41, 5.74) is 1.31. The van der Waals surface area contributed by atoms with E-state index in [0.717, 1.165) is 11.8 Å². The van der Waals surface area contributed by atoms with Gasteiger partial charge in [-0.15, -0.1) is 10.2 Å². The Morgan fingerprint density at radius 2 is 1.78 bits per heavy atom. The number of rotatable bonds is 8. The molecular formula is C22H21N5O4S.